The van der Waals surface area contributed by atoms with Gasteiger partial charge in [0.15, 0.2) is 5.96 Å². The van der Waals surface area contributed by atoms with E-state index in [1.165, 1.54) is 15.6 Å². The zero-order valence-electron chi connectivity index (χ0n) is 17.0. The Bertz CT molecular complexity index is 900. The number of hydrogen-bond donors (Lipinski definition) is 1. The van der Waals surface area contributed by atoms with Crippen molar-refractivity contribution < 1.29 is 12.9 Å². The van der Waals surface area contributed by atoms with Crippen LogP contribution >= 0.6 is 11.3 Å². The second-order valence-corrected chi connectivity index (χ2v) is 10.5. The lowest BCUT2D eigenvalue weighted by Gasteiger charge is -2.36. The van der Waals surface area contributed by atoms with Crippen LogP contribution in [-0.2, 0) is 23.1 Å². The largest absolute Gasteiger partial charge is 0.364 e. The van der Waals surface area contributed by atoms with Gasteiger partial charge < -0.3 is 14.7 Å². The Kier molecular flexibility index (Phi) is 7.28. The second kappa shape index (κ2) is 9.70. The summed E-state index contributed by atoms with van der Waals surface area (Å²) in [4.78, 5) is 10.2. The Labute approximate surface area is 176 Å². The molecule has 0 bridgehead atoms. The van der Waals surface area contributed by atoms with Gasteiger partial charge in [-0.3, -0.25) is 4.90 Å². The number of hydrogen-bond acceptors (Lipinski definition) is 7. The van der Waals surface area contributed by atoms with Crippen molar-refractivity contribution in [2.45, 2.75) is 24.2 Å². The third-order valence-corrected chi connectivity index (χ3v) is 7.99. The van der Waals surface area contributed by atoms with E-state index >= 15 is 0 Å². The van der Waals surface area contributed by atoms with Crippen molar-refractivity contribution in [1.29, 1.82) is 0 Å². The predicted octanol–water partition coefficient (Wildman–Crippen LogP) is 1.27. The fraction of sp³-hybridized carbons (Fsp3) is 0.556. The zero-order chi connectivity index (χ0) is 20.9. The van der Waals surface area contributed by atoms with Crippen LogP contribution in [0.1, 0.15) is 17.5 Å². The minimum Gasteiger partial charge on any atom is -0.364 e. The van der Waals surface area contributed by atoms with E-state index in [-0.39, 0.29) is 0 Å². The molecule has 2 aromatic rings. The third-order valence-electron chi connectivity index (χ3n) is 4.64. The minimum absolute atomic E-state index is 0.346. The highest BCUT2D eigenvalue weighted by Crippen LogP contribution is 2.24. The van der Waals surface area contributed by atoms with Gasteiger partial charge in [-0.2, -0.15) is 0 Å². The topological polar surface area (TPSA) is 94.3 Å². The highest BCUT2D eigenvalue weighted by atomic mass is 32.2. The van der Waals surface area contributed by atoms with Crippen LogP contribution in [0.3, 0.4) is 0 Å². The molecule has 1 saturated heterocycles. The van der Waals surface area contributed by atoms with Gasteiger partial charge in [0.2, 0.25) is 0 Å². The monoisotopic (exact) mass is 440 g/mol. The molecule has 0 aromatic carbocycles. The molecule has 160 valence electrons. The Balaban J connectivity index is 1.60. The molecule has 0 aliphatic carbocycles. The van der Waals surface area contributed by atoms with Gasteiger partial charge in [0.1, 0.15) is 10.5 Å². The summed E-state index contributed by atoms with van der Waals surface area (Å²) in [6.07, 6.45) is 1.60. The fourth-order valence-corrected chi connectivity index (χ4v) is 5.46. The molecule has 0 atom stereocenters. The van der Waals surface area contributed by atoms with E-state index in [1.807, 2.05) is 19.1 Å². The molecule has 0 radical (unpaired) electrons. The summed E-state index contributed by atoms with van der Waals surface area (Å²) in [5.74, 6) is 0.860. The summed E-state index contributed by atoms with van der Waals surface area (Å²) in [6.45, 7) is 7.64. The minimum atomic E-state index is -3.39. The molecule has 0 saturated carbocycles. The molecule has 0 amide bonds. The molecule has 29 heavy (non-hydrogen) atoms. The molecule has 0 unspecified atom stereocenters. The van der Waals surface area contributed by atoms with Gasteiger partial charge in [-0.05, 0) is 19.1 Å². The normalized spacial score (nSPS) is 16.6. The summed E-state index contributed by atoms with van der Waals surface area (Å²) < 4.78 is 31.0. The SMILES string of the molecule is CCNC(=NCc1ccc(S(=O)(=O)N(C)C)s1)N1CCN(Cc2ccon2)CC1. The van der Waals surface area contributed by atoms with Crippen LogP contribution in [-0.4, -0.2) is 80.5 Å². The van der Waals surface area contributed by atoms with Crippen LogP contribution in [0.4, 0.5) is 0 Å². The van der Waals surface area contributed by atoms with Gasteiger partial charge >= 0.3 is 0 Å². The number of sulfonamides is 1. The van der Waals surface area contributed by atoms with Crippen LogP contribution < -0.4 is 5.32 Å². The van der Waals surface area contributed by atoms with Gasteiger partial charge in [0.25, 0.3) is 10.0 Å². The first-order valence-electron chi connectivity index (χ1n) is 9.56. The zero-order valence-corrected chi connectivity index (χ0v) is 18.7. The van der Waals surface area contributed by atoms with Crippen LogP contribution in [0.15, 0.2) is 38.2 Å². The molecule has 11 heteroatoms. The van der Waals surface area contributed by atoms with Crippen molar-refractivity contribution in [1.82, 2.24) is 24.6 Å². The van der Waals surface area contributed by atoms with E-state index in [4.69, 9.17) is 9.52 Å². The quantitative estimate of drug-likeness (QED) is 0.512. The number of rotatable bonds is 7. The molecule has 9 nitrogen and oxygen atoms in total. The molecule has 0 spiro atoms. The van der Waals surface area contributed by atoms with E-state index in [0.717, 1.165) is 55.8 Å². The summed E-state index contributed by atoms with van der Waals surface area (Å²) in [6, 6.07) is 5.38. The molecule has 2 aromatic heterocycles. The smallest absolute Gasteiger partial charge is 0.252 e. The van der Waals surface area contributed by atoms with Crippen molar-refractivity contribution >= 4 is 27.3 Å². The van der Waals surface area contributed by atoms with Crippen LogP contribution in [0.5, 0.6) is 0 Å². The predicted molar refractivity (Wildman–Crippen MR) is 113 cm³/mol. The van der Waals surface area contributed by atoms with E-state index in [9.17, 15) is 8.42 Å². The Morgan fingerprint density at radius 2 is 2.03 bits per heavy atom. The molecule has 1 aliphatic heterocycles. The van der Waals surface area contributed by atoms with E-state index in [2.05, 4.69) is 20.3 Å². The maximum Gasteiger partial charge on any atom is 0.252 e. The Morgan fingerprint density at radius 1 is 1.28 bits per heavy atom. The third kappa shape index (κ3) is 5.56. The number of piperazine rings is 1. The van der Waals surface area contributed by atoms with E-state index in [0.29, 0.717) is 10.8 Å². The standard InChI is InChI=1S/C18H28N6O3S2/c1-4-19-18(20-13-16-5-6-17(28-16)29(25,26)22(2)3)24-10-8-23(9-11-24)14-15-7-12-27-21-15/h5-7,12H,4,8-11,13-14H2,1-3H3,(H,19,20). The first-order chi connectivity index (χ1) is 13.9. The lowest BCUT2D eigenvalue weighted by molar-refractivity contribution is 0.169. The van der Waals surface area contributed by atoms with Crippen molar-refractivity contribution in [2.24, 2.45) is 4.99 Å². The molecule has 3 rings (SSSR count). The van der Waals surface area contributed by atoms with Gasteiger partial charge in [-0.15, -0.1) is 11.3 Å². The fourth-order valence-electron chi connectivity index (χ4n) is 3.01. The van der Waals surface area contributed by atoms with Crippen molar-refractivity contribution in [3.8, 4) is 0 Å². The molecule has 1 aliphatic rings. The number of nitrogens with one attached hydrogen (secondary N) is 1. The molecule has 3 heterocycles. The van der Waals surface area contributed by atoms with Crippen LogP contribution in [0, 0.1) is 0 Å². The average Bonchev–Trinajstić information content (AvgIpc) is 3.38. The number of nitrogens with zero attached hydrogens (tertiary/aromatic N) is 5. The Morgan fingerprint density at radius 3 is 2.66 bits per heavy atom. The van der Waals surface area contributed by atoms with Crippen molar-refractivity contribution in [3.63, 3.8) is 0 Å². The second-order valence-electron chi connectivity index (χ2n) is 6.93. The summed E-state index contributed by atoms with van der Waals surface area (Å²) in [5.41, 5.74) is 0.945. The van der Waals surface area contributed by atoms with E-state index < -0.39 is 10.0 Å². The number of guanidine groups is 1. The Hall–Kier alpha value is -1.95. The number of thiophene rings is 1. The summed E-state index contributed by atoms with van der Waals surface area (Å²) >= 11 is 1.27. The van der Waals surface area contributed by atoms with Crippen LogP contribution in [0.25, 0.3) is 0 Å². The lowest BCUT2D eigenvalue weighted by atomic mass is 10.3. The summed E-state index contributed by atoms with van der Waals surface area (Å²) in [7, 11) is -0.313. The maximum atomic E-state index is 12.2. The first kappa shape index (κ1) is 21.8. The molecule has 1 N–H and O–H groups in total. The highest BCUT2D eigenvalue weighted by molar-refractivity contribution is 7.91. The summed E-state index contributed by atoms with van der Waals surface area (Å²) in [5, 5.41) is 7.32. The van der Waals surface area contributed by atoms with Crippen molar-refractivity contribution in [3.05, 3.63) is 35.0 Å². The lowest BCUT2D eigenvalue weighted by Crippen LogP contribution is -2.52. The maximum absolute atomic E-state index is 12.2. The molecular weight excluding hydrogens is 412 g/mol. The van der Waals surface area contributed by atoms with Gasteiger partial charge in [0, 0.05) is 64.3 Å². The number of aromatic nitrogens is 1. The van der Waals surface area contributed by atoms with Gasteiger partial charge in [-0.25, -0.2) is 17.7 Å². The number of aliphatic imine (C=N–C) groups is 1. The molecular formula is C18H28N6O3S2. The van der Waals surface area contributed by atoms with Crippen molar-refractivity contribution in [2.75, 3.05) is 46.8 Å². The van der Waals surface area contributed by atoms with Gasteiger partial charge in [0.05, 0.1) is 12.2 Å². The highest BCUT2D eigenvalue weighted by Gasteiger charge is 2.21. The first-order valence-corrected chi connectivity index (χ1v) is 11.8. The average molecular weight is 441 g/mol. The van der Waals surface area contributed by atoms with E-state index in [1.54, 1.807) is 26.4 Å². The molecule has 1 fully saturated rings. The van der Waals surface area contributed by atoms with Gasteiger partial charge in [-0.1, -0.05) is 5.16 Å². The van der Waals surface area contributed by atoms with Crippen LogP contribution in [0.2, 0.25) is 0 Å².